The lowest BCUT2D eigenvalue weighted by molar-refractivity contribution is 0.0732. The average molecular weight is 319 g/mol. The lowest BCUT2D eigenvalue weighted by Crippen LogP contribution is -2.30. The van der Waals surface area contributed by atoms with Gasteiger partial charge in [-0.05, 0) is 18.4 Å². The lowest BCUT2D eigenvalue weighted by Gasteiger charge is -2.22. The molecule has 0 N–H and O–H groups in total. The van der Waals surface area contributed by atoms with Crippen molar-refractivity contribution in [3.8, 4) is 9.88 Å². The Morgan fingerprint density at radius 2 is 2.24 bits per heavy atom. The predicted octanol–water partition coefficient (Wildman–Crippen LogP) is 3.69. The fourth-order valence-electron chi connectivity index (χ4n) is 1.88. The van der Waals surface area contributed by atoms with Gasteiger partial charge in [0.25, 0.3) is 5.91 Å². The topological polar surface area (TPSA) is 59.2 Å². The molecule has 0 radical (unpaired) electrons. The van der Waals surface area contributed by atoms with Gasteiger partial charge in [0, 0.05) is 18.5 Å². The molecule has 0 aliphatic carbocycles. The van der Waals surface area contributed by atoms with Gasteiger partial charge >= 0.3 is 0 Å². The van der Waals surface area contributed by atoms with Crippen molar-refractivity contribution in [1.29, 1.82) is 0 Å². The van der Waals surface area contributed by atoms with Gasteiger partial charge in [-0.2, -0.15) is 0 Å². The zero-order valence-electron chi connectivity index (χ0n) is 11.5. The van der Waals surface area contributed by atoms with Crippen molar-refractivity contribution in [1.82, 2.24) is 15.0 Å². The molecule has 0 aliphatic rings. The van der Waals surface area contributed by atoms with Crippen molar-refractivity contribution >= 4 is 28.6 Å². The molecule has 0 aromatic carbocycles. The summed E-state index contributed by atoms with van der Waals surface area (Å²) in [4.78, 5) is 19.6. The second-order valence-electron chi connectivity index (χ2n) is 4.53. The van der Waals surface area contributed by atoms with Crippen LogP contribution in [-0.2, 0) is 0 Å². The summed E-state index contributed by atoms with van der Waals surface area (Å²) < 4.78 is 4.82. The molecule has 3 heterocycles. The van der Waals surface area contributed by atoms with E-state index in [1.807, 2.05) is 24.4 Å². The van der Waals surface area contributed by atoms with Crippen LogP contribution in [-0.4, -0.2) is 28.0 Å². The Kier molecular flexibility index (Phi) is 3.85. The van der Waals surface area contributed by atoms with Crippen molar-refractivity contribution in [3.63, 3.8) is 0 Å². The van der Waals surface area contributed by atoms with Crippen LogP contribution < -0.4 is 0 Å². The maximum Gasteiger partial charge on any atom is 0.273 e. The Bertz CT molecular complexity index is 719. The van der Waals surface area contributed by atoms with E-state index in [0.717, 1.165) is 15.6 Å². The summed E-state index contributed by atoms with van der Waals surface area (Å²) in [6.07, 6.45) is 1.50. The number of carbonyl (C=O) groups excluding carboxylic acids is 1. The summed E-state index contributed by atoms with van der Waals surface area (Å²) in [5.74, 6) is -0.121. The van der Waals surface area contributed by atoms with Gasteiger partial charge in [0.05, 0.1) is 10.9 Å². The van der Waals surface area contributed by atoms with E-state index >= 15 is 0 Å². The quantitative estimate of drug-likeness (QED) is 0.736. The van der Waals surface area contributed by atoms with Crippen molar-refractivity contribution < 1.29 is 9.32 Å². The van der Waals surface area contributed by atoms with Crippen LogP contribution in [0.1, 0.15) is 29.1 Å². The summed E-state index contributed by atoms with van der Waals surface area (Å²) in [6, 6.07) is 5.57. The molecule has 0 aliphatic heterocycles. The molecule has 0 saturated heterocycles. The van der Waals surface area contributed by atoms with Crippen molar-refractivity contribution in [2.75, 3.05) is 7.05 Å². The van der Waals surface area contributed by atoms with Crippen LogP contribution in [0.2, 0.25) is 0 Å². The minimum Gasteiger partial charge on any atom is -0.364 e. The standard InChI is InChI=1S/C14H13N3O2S2/c1-9(10-5-6-19-16-10)17(2)14(18)11-8-21-13(15-11)12-4-3-7-20-12/h3-9H,1-2H3/t9-/m1/s1. The molecule has 3 aromatic heterocycles. The van der Waals surface area contributed by atoms with Crippen LogP contribution in [0.15, 0.2) is 39.7 Å². The number of hydrogen-bond acceptors (Lipinski definition) is 6. The third-order valence-electron chi connectivity index (χ3n) is 3.24. The Morgan fingerprint density at radius 3 is 2.90 bits per heavy atom. The molecule has 0 unspecified atom stereocenters. The maximum atomic E-state index is 12.5. The summed E-state index contributed by atoms with van der Waals surface area (Å²) in [5, 5.41) is 8.54. The van der Waals surface area contributed by atoms with Crippen LogP contribution >= 0.6 is 22.7 Å². The molecule has 0 spiro atoms. The highest BCUT2D eigenvalue weighted by atomic mass is 32.1. The second kappa shape index (κ2) is 5.79. The molecule has 1 amide bonds. The molecule has 3 rings (SSSR count). The van der Waals surface area contributed by atoms with Crippen LogP contribution in [0.25, 0.3) is 9.88 Å². The minimum absolute atomic E-state index is 0.121. The average Bonchev–Trinajstić information content (AvgIpc) is 3.26. The van der Waals surface area contributed by atoms with Crippen LogP contribution in [0.3, 0.4) is 0 Å². The number of nitrogens with zero attached hydrogens (tertiary/aromatic N) is 3. The molecule has 3 aromatic rings. The molecule has 1 atom stereocenters. The molecule has 21 heavy (non-hydrogen) atoms. The number of amides is 1. The van der Waals surface area contributed by atoms with Gasteiger partial charge < -0.3 is 9.42 Å². The molecular formula is C14H13N3O2S2. The first-order valence-corrected chi connectivity index (χ1v) is 8.09. The molecule has 7 heteroatoms. The van der Waals surface area contributed by atoms with Crippen LogP contribution in [0.4, 0.5) is 0 Å². The smallest absolute Gasteiger partial charge is 0.273 e. The van der Waals surface area contributed by atoms with Gasteiger partial charge in [-0.15, -0.1) is 22.7 Å². The number of hydrogen-bond donors (Lipinski definition) is 0. The van der Waals surface area contributed by atoms with E-state index in [-0.39, 0.29) is 11.9 Å². The summed E-state index contributed by atoms with van der Waals surface area (Å²) >= 11 is 3.09. The second-order valence-corrected chi connectivity index (χ2v) is 6.34. The van der Waals surface area contributed by atoms with Crippen molar-refractivity contribution in [3.05, 3.63) is 46.6 Å². The van der Waals surface area contributed by atoms with E-state index in [1.165, 1.54) is 17.6 Å². The first-order valence-electron chi connectivity index (χ1n) is 6.33. The molecular weight excluding hydrogens is 306 g/mol. The third kappa shape index (κ3) is 2.74. The normalized spacial score (nSPS) is 12.3. The highest BCUT2D eigenvalue weighted by Crippen LogP contribution is 2.28. The monoisotopic (exact) mass is 319 g/mol. The Morgan fingerprint density at radius 1 is 1.38 bits per heavy atom. The van der Waals surface area contributed by atoms with Crippen LogP contribution in [0.5, 0.6) is 0 Å². The van der Waals surface area contributed by atoms with Gasteiger partial charge in [-0.3, -0.25) is 4.79 Å². The van der Waals surface area contributed by atoms with Crippen molar-refractivity contribution in [2.24, 2.45) is 0 Å². The first-order chi connectivity index (χ1) is 10.2. The van der Waals surface area contributed by atoms with E-state index < -0.39 is 0 Å². The maximum absolute atomic E-state index is 12.5. The zero-order valence-corrected chi connectivity index (χ0v) is 13.1. The zero-order chi connectivity index (χ0) is 14.8. The Hall–Kier alpha value is -1.99. The van der Waals surface area contributed by atoms with Gasteiger partial charge in [-0.25, -0.2) is 4.98 Å². The highest BCUT2D eigenvalue weighted by molar-refractivity contribution is 7.20. The molecule has 0 fully saturated rings. The lowest BCUT2D eigenvalue weighted by atomic mass is 10.2. The Balaban J connectivity index is 1.79. The first kappa shape index (κ1) is 14.0. The number of rotatable bonds is 4. The number of thiazole rings is 1. The van der Waals surface area contributed by atoms with Crippen molar-refractivity contribution in [2.45, 2.75) is 13.0 Å². The molecule has 0 bridgehead atoms. The number of carbonyl (C=O) groups is 1. The molecule has 108 valence electrons. The summed E-state index contributed by atoms with van der Waals surface area (Å²) in [6.45, 7) is 1.91. The van der Waals surface area contributed by atoms with E-state index in [0.29, 0.717) is 5.69 Å². The minimum atomic E-state index is -0.164. The van der Waals surface area contributed by atoms with E-state index in [4.69, 9.17) is 4.52 Å². The van der Waals surface area contributed by atoms with E-state index in [9.17, 15) is 4.79 Å². The third-order valence-corrected chi connectivity index (χ3v) is 5.12. The fourth-order valence-corrected chi connectivity index (χ4v) is 3.49. The van der Waals surface area contributed by atoms with Gasteiger partial charge in [0.1, 0.15) is 22.7 Å². The van der Waals surface area contributed by atoms with Gasteiger partial charge in [0.15, 0.2) is 0 Å². The fraction of sp³-hybridized carbons (Fsp3) is 0.214. The van der Waals surface area contributed by atoms with Crippen LogP contribution in [0, 0.1) is 0 Å². The predicted molar refractivity (Wildman–Crippen MR) is 82.4 cm³/mol. The summed E-state index contributed by atoms with van der Waals surface area (Å²) in [5.41, 5.74) is 1.18. The number of aromatic nitrogens is 2. The molecule has 5 nitrogen and oxygen atoms in total. The largest absolute Gasteiger partial charge is 0.364 e. The van der Waals surface area contributed by atoms with E-state index in [2.05, 4.69) is 10.1 Å². The van der Waals surface area contributed by atoms with Gasteiger partial charge in [-0.1, -0.05) is 11.2 Å². The molecule has 0 saturated carbocycles. The number of thiophene rings is 1. The summed E-state index contributed by atoms with van der Waals surface area (Å²) in [7, 11) is 1.74. The Labute approximate surface area is 129 Å². The highest BCUT2D eigenvalue weighted by Gasteiger charge is 2.23. The van der Waals surface area contributed by atoms with E-state index in [1.54, 1.807) is 34.7 Å². The SMILES string of the molecule is C[C@H](c1ccon1)N(C)C(=O)c1csc(-c2cccs2)n1. The van der Waals surface area contributed by atoms with Gasteiger partial charge in [0.2, 0.25) is 0 Å².